The number of nitrogens with one attached hydrogen (secondary N) is 2. The van der Waals surface area contributed by atoms with E-state index in [4.69, 9.17) is 28.4 Å². The Labute approximate surface area is 456 Å². The number of amides is 2. The molecule has 0 atom stereocenters. The predicted molar refractivity (Wildman–Crippen MR) is 294 cm³/mol. The average Bonchev–Trinajstić information content (AvgIpc) is 3.51. The second-order valence-electron chi connectivity index (χ2n) is 18.0. The molecule has 2 amide bonds. The Hall–Kier alpha value is -10.9. The number of aromatic nitrogens is 6. The van der Waals surface area contributed by atoms with Gasteiger partial charge < -0.3 is 43.6 Å². The third-order valence-corrected chi connectivity index (χ3v) is 12.8. The molecule has 22 heteroatoms. The molecule has 0 fully saturated rings. The number of carbonyl (C=O) groups excluding carboxylic acids is 2. The molecule has 20 nitrogen and oxygen atoms in total. The Balaban J connectivity index is 0.000000170. The van der Waals surface area contributed by atoms with Crippen LogP contribution >= 0.6 is 0 Å². The van der Waals surface area contributed by atoms with E-state index in [9.17, 15) is 37.5 Å². The zero-order valence-corrected chi connectivity index (χ0v) is 42.9. The van der Waals surface area contributed by atoms with E-state index in [2.05, 4.69) is 20.6 Å². The zero-order chi connectivity index (χ0) is 56.3. The number of rotatable bonds is 11. The van der Waals surface area contributed by atoms with Gasteiger partial charge in [0.15, 0.2) is 23.0 Å². The summed E-state index contributed by atoms with van der Waals surface area (Å²) in [4.78, 5) is 86.7. The van der Waals surface area contributed by atoms with Crippen LogP contribution in [0.1, 0.15) is 27.6 Å². The third kappa shape index (κ3) is 10.6. The fourth-order valence-corrected chi connectivity index (χ4v) is 8.92. The number of aryl methyl sites for hydroxylation is 2. The molecule has 2 aliphatic heterocycles. The van der Waals surface area contributed by atoms with E-state index < -0.39 is 45.9 Å². The quantitative estimate of drug-likeness (QED) is 0.124. The highest BCUT2D eigenvalue weighted by molar-refractivity contribution is 6.04. The molecule has 0 saturated carbocycles. The van der Waals surface area contributed by atoms with Gasteiger partial charge in [0.2, 0.25) is 0 Å². The van der Waals surface area contributed by atoms with Crippen LogP contribution in [0.2, 0.25) is 0 Å². The SMILES string of the molecule is CCn1cc(C(=O)Nc2ccc(Oc3ccnc4ccc5c(c34)OCCO5)cc2)c(=O)n(-c2ccc(F)cc2)c1=O.Cn1cc(C(=O)Nc2ccc(Oc3ccnc4ccc5c(c34)OCCO5)cc2)c(=O)n(-c2ccc(F)cc2)c1=O. The van der Waals surface area contributed by atoms with E-state index in [-0.39, 0.29) is 29.0 Å². The minimum absolute atomic E-state index is 0.144. The van der Waals surface area contributed by atoms with Crippen molar-refractivity contribution < 1.29 is 46.8 Å². The molecule has 0 aliphatic carbocycles. The molecule has 0 spiro atoms. The Morgan fingerprint density at radius 2 is 0.951 bits per heavy atom. The number of fused-ring (bicyclic) bond motifs is 6. The number of anilines is 2. The molecule has 2 N–H and O–H groups in total. The van der Waals surface area contributed by atoms with Crippen molar-refractivity contribution in [1.82, 2.24) is 28.2 Å². The van der Waals surface area contributed by atoms with Gasteiger partial charge in [0.05, 0.1) is 33.2 Å². The molecule has 10 aromatic rings. The topological polar surface area (TPSA) is 227 Å². The molecule has 0 unspecified atom stereocenters. The lowest BCUT2D eigenvalue weighted by Crippen LogP contribution is -2.42. The van der Waals surface area contributed by atoms with Gasteiger partial charge in [-0.05, 0) is 140 Å². The zero-order valence-electron chi connectivity index (χ0n) is 42.9. The second kappa shape index (κ2) is 22.2. The van der Waals surface area contributed by atoms with Crippen molar-refractivity contribution in [1.29, 1.82) is 0 Å². The number of carbonyl (C=O) groups is 2. The first kappa shape index (κ1) is 52.2. The van der Waals surface area contributed by atoms with Crippen LogP contribution in [0.5, 0.6) is 46.0 Å². The number of halogens is 2. The van der Waals surface area contributed by atoms with Crippen LogP contribution in [-0.4, -0.2) is 66.5 Å². The van der Waals surface area contributed by atoms with Crippen molar-refractivity contribution in [3.8, 4) is 57.4 Å². The molecular weight excluding hydrogens is 1050 g/mol. The smallest absolute Gasteiger partial charge is 0.335 e. The monoisotopic (exact) mass is 1090 g/mol. The van der Waals surface area contributed by atoms with Crippen molar-refractivity contribution >= 4 is 45.0 Å². The number of ether oxygens (including phenoxy) is 6. The number of pyridine rings is 2. The summed E-state index contributed by atoms with van der Waals surface area (Å²) in [6, 6.07) is 33.6. The number of benzene rings is 6. The molecule has 0 radical (unpaired) electrons. The average molecular weight is 1100 g/mol. The minimum atomic E-state index is -0.828. The summed E-state index contributed by atoms with van der Waals surface area (Å²) in [6.07, 6.45) is 5.65. The molecule has 6 aromatic carbocycles. The molecule has 0 bridgehead atoms. The lowest BCUT2D eigenvalue weighted by molar-refractivity contribution is 0.101. The number of hydrogen-bond donors (Lipinski definition) is 2. The van der Waals surface area contributed by atoms with Crippen molar-refractivity contribution in [3.63, 3.8) is 0 Å². The fraction of sp³-hybridized carbons (Fsp3) is 0.119. The van der Waals surface area contributed by atoms with Crippen LogP contribution in [0.3, 0.4) is 0 Å². The Morgan fingerprint density at radius 3 is 1.40 bits per heavy atom. The predicted octanol–water partition coefficient (Wildman–Crippen LogP) is 8.56. The first-order valence-electron chi connectivity index (χ1n) is 25.1. The standard InChI is InChI=1S/C30H23FN4O6.C29H21FN4O6/c1-2-34-17-22(29(37)35(30(34)38)20-7-3-18(31)4-8-20)28(36)33-19-5-9-21(10-6-19)41-24-13-14-32-23-11-12-25-27(26(23)24)40-16-15-39-25;1-33-16-21(28(36)34(29(33)37)19-6-2-17(30)3-7-19)27(35)32-18-4-8-20(9-5-18)40-23-12-13-31-22-10-11-24-26(25(22)23)39-15-14-38-24/h3-14,17H,2,15-16H2,1H3,(H,33,36);2-13,16H,14-15H2,1H3,(H,32,35). The van der Waals surface area contributed by atoms with Crippen LogP contribution in [0.15, 0.2) is 177 Å². The molecule has 0 saturated heterocycles. The van der Waals surface area contributed by atoms with Gasteiger partial charge in [-0.15, -0.1) is 0 Å². The van der Waals surface area contributed by atoms with E-state index >= 15 is 0 Å². The molecule has 12 rings (SSSR count). The van der Waals surface area contributed by atoms with Crippen molar-refractivity contribution in [2.75, 3.05) is 37.1 Å². The van der Waals surface area contributed by atoms with Gasteiger partial charge in [-0.25, -0.2) is 27.5 Å². The van der Waals surface area contributed by atoms with Gasteiger partial charge in [0.1, 0.15) is 72.2 Å². The molecule has 81 heavy (non-hydrogen) atoms. The van der Waals surface area contributed by atoms with Crippen LogP contribution in [0.4, 0.5) is 20.2 Å². The van der Waals surface area contributed by atoms with E-state index in [1.165, 1.54) is 48.3 Å². The Morgan fingerprint density at radius 1 is 0.531 bits per heavy atom. The van der Waals surface area contributed by atoms with E-state index in [0.717, 1.165) is 38.0 Å². The van der Waals surface area contributed by atoms with Crippen LogP contribution in [0, 0.1) is 11.6 Å². The molecule has 406 valence electrons. The maximum atomic E-state index is 13.4. The number of nitrogens with zero attached hydrogens (tertiary/aromatic N) is 6. The van der Waals surface area contributed by atoms with E-state index in [1.807, 2.05) is 24.3 Å². The summed E-state index contributed by atoms with van der Waals surface area (Å²) in [7, 11) is 1.42. The summed E-state index contributed by atoms with van der Waals surface area (Å²) in [5.41, 5.74) is -0.982. The first-order valence-corrected chi connectivity index (χ1v) is 25.1. The van der Waals surface area contributed by atoms with Gasteiger partial charge in [-0.1, -0.05) is 0 Å². The van der Waals surface area contributed by atoms with Crippen molar-refractivity contribution in [3.05, 3.63) is 223 Å². The first-order chi connectivity index (χ1) is 39.3. The Bertz CT molecular complexity index is 4340. The summed E-state index contributed by atoms with van der Waals surface area (Å²) in [5.74, 6) is 1.95. The van der Waals surface area contributed by atoms with Crippen LogP contribution < -0.4 is 61.6 Å². The van der Waals surface area contributed by atoms with E-state index in [1.54, 1.807) is 80.0 Å². The van der Waals surface area contributed by atoms with Gasteiger partial charge in [-0.2, -0.15) is 0 Å². The second-order valence-corrected chi connectivity index (χ2v) is 18.0. The van der Waals surface area contributed by atoms with Gasteiger partial charge in [-0.3, -0.25) is 33.7 Å². The largest absolute Gasteiger partial charge is 0.486 e. The van der Waals surface area contributed by atoms with Gasteiger partial charge >= 0.3 is 11.4 Å². The summed E-state index contributed by atoms with van der Waals surface area (Å²) in [5, 5.41) is 6.73. The highest BCUT2D eigenvalue weighted by atomic mass is 19.1. The lowest BCUT2D eigenvalue weighted by atomic mass is 10.1. The molecule has 6 heterocycles. The van der Waals surface area contributed by atoms with Crippen LogP contribution in [0.25, 0.3) is 33.2 Å². The van der Waals surface area contributed by atoms with Gasteiger partial charge in [0.25, 0.3) is 22.9 Å². The van der Waals surface area contributed by atoms with Crippen LogP contribution in [-0.2, 0) is 13.6 Å². The highest BCUT2D eigenvalue weighted by Gasteiger charge is 2.24. The summed E-state index contributed by atoms with van der Waals surface area (Å²) < 4.78 is 66.1. The maximum Gasteiger partial charge on any atom is 0.335 e. The molecular formula is C59H44F2N8O12. The molecule has 2 aliphatic rings. The fourth-order valence-electron chi connectivity index (χ4n) is 8.92. The van der Waals surface area contributed by atoms with Crippen molar-refractivity contribution in [2.45, 2.75) is 13.5 Å². The Kier molecular flexibility index (Phi) is 14.3. The van der Waals surface area contributed by atoms with E-state index in [0.29, 0.717) is 106 Å². The number of hydrogen-bond acceptors (Lipinski definition) is 14. The summed E-state index contributed by atoms with van der Waals surface area (Å²) >= 11 is 0. The minimum Gasteiger partial charge on any atom is -0.486 e. The highest BCUT2D eigenvalue weighted by Crippen LogP contribution is 2.44. The van der Waals surface area contributed by atoms with Gasteiger partial charge in [0, 0.05) is 49.8 Å². The van der Waals surface area contributed by atoms with Crippen molar-refractivity contribution in [2.24, 2.45) is 7.05 Å². The normalized spacial score (nSPS) is 12.2. The lowest BCUT2D eigenvalue weighted by Gasteiger charge is -2.21. The molecule has 4 aromatic heterocycles. The maximum absolute atomic E-state index is 13.4. The summed E-state index contributed by atoms with van der Waals surface area (Å²) in [6.45, 7) is 3.68. The third-order valence-electron chi connectivity index (χ3n) is 12.8.